The van der Waals surface area contributed by atoms with E-state index in [1.54, 1.807) is 0 Å². The molecule has 1 amide bonds. The molecule has 5 nitrogen and oxygen atoms in total. The Balaban J connectivity index is 1.52. The molecule has 0 aliphatic carbocycles. The summed E-state index contributed by atoms with van der Waals surface area (Å²) in [6.45, 7) is 14.2. The van der Waals surface area contributed by atoms with Crippen LogP contribution in [0.1, 0.15) is 25.0 Å². The van der Waals surface area contributed by atoms with Crippen molar-refractivity contribution in [1.82, 2.24) is 9.80 Å². The second kappa shape index (κ2) is 7.75. The zero-order valence-electron chi connectivity index (χ0n) is 16.0. The Labute approximate surface area is 151 Å². The lowest BCUT2D eigenvalue weighted by atomic mass is 10.1. The first-order valence-corrected chi connectivity index (χ1v) is 9.41. The summed E-state index contributed by atoms with van der Waals surface area (Å²) in [5.41, 5.74) is 4.04. The number of amides is 1. The van der Waals surface area contributed by atoms with Crippen molar-refractivity contribution < 1.29 is 9.53 Å². The van der Waals surface area contributed by atoms with Gasteiger partial charge in [-0.3, -0.25) is 9.69 Å². The van der Waals surface area contributed by atoms with Crippen molar-refractivity contribution >= 4 is 11.6 Å². The van der Waals surface area contributed by atoms with E-state index in [2.05, 4.69) is 41.8 Å². The molecule has 2 unspecified atom stereocenters. The smallest absolute Gasteiger partial charge is 0.236 e. The zero-order valence-corrected chi connectivity index (χ0v) is 16.0. The van der Waals surface area contributed by atoms with Crippen LogP contribution in [0.5, 0.6) is 0 Å². The van der Waals surface area contributed by atoms with Gasteiger partial charge in [-0.05, 0) is 44.9 Å². The summed E-state index contributed by atoms with van der Waals surface area (Å²) in [6.07, 6.45) is 0.266. The Hall–Kier alpha value is -1.59. The standard InChI is InChI=1S/C20H31N3O2/c1-15-6-5-7-19(18(15)4)22-10-8-21(9-11-22)14-20(24)23-12-16(2)25-17(3)13-23/h5-7,16-17H,8-14H2,1-4H3. The molecule has 0 radical (unpaired) electrons. The van der Waals surface area contributed by atoms with Crippen molar-refractivity contribution in [2.24, 2.45) is 0 Å². The van der Waals surface area contributed by atoms with Crippen molar-refractivity contribution in [3.63, 3.8) is 0 Å². The van der Waals surface area contributed by atoms with E-state index < -0.39 is 0 Å². The lowest BCUT2D eigenvalue weighted by molar-refractivity contribution is -0.144. The van der Waals surface area contributed by atoms with Crippen molar-refractivity contribution in [1.29, 1.82) is 0 Å². The third-order valence-electron chi connectivity index (χ3n) is 5.42. The van der Waals surface area contributed by atoms with E-state index in [-0.39, 0.29) is 18.1 Å². The number of ether oxygens (including phenoxy) is 1. The van der Waals surface area contributed by atoms with E-state index in [0.717, 1.165) is 26.2 Å². The lowest BCUT2D eigenvalue weighted by Crippen LogP contribution is -2.54. The number of carbonyl (C=O) groups excluding carboxylic acids is 1. The fraction of sp³-hybridized carbons (Fsp3) is 0.650. The fourth-order valence-electron chi connectivity index (χ4n) is 3.90. The van der Waals surface area contributed by atoms with E-state index >= 15 is 0 Å². The first kappa shape index (κ1) is 18.2. The van der Waals surface area contributed by atoms with Crippen LogP contribution < -0.4 is 4.90 Å². The fourth-order valence-corrected chi connectivity index (χ4v) is 3.90. The van der Waals surface area contributed by atoms with Gasteiger partial charge < -0.3 is 14.5 Å². The molecule has 2 fully saturated rings. The molecule has 3 rings (SSSR count). The summed E-state index contributed by atoms with van der Waals surface area (Å²) in [7, 11) is 0. The van der Waals surface area contributed by atoms with Crippen LogP contribution in [0.25, 0.3) is 0 Å². The Morgan fingerprint density at radius 2 is 1.72 bits per heavy atom. The van der Waals surface area contributed by atoms with Crippen LogP contribution in [-0.2, 0) is 9.53 Å². The molecule has 2 heterocycles. The van der Waals surface area contributed by atoms with Gasteiger partial charge in [0.05, 0.1) is 18.8 Å². The summed E-state index contributed by atoms with van der Waals surface area (Å²) in [4.78, 5) is 19.3. The number of morpholine rings is 1. The van der Waals surface area contributed by atoms with E-state index in [1.165, 1.54) is 16.8 Å². The molecule has 2 aliphatic heterocycles. The molecule has 0 bridgehead atoms. The minimum absolute atomic E-state index is 0.133. The zero-order chi connectivity index (χ0) is 18.0. The number of piperazine rings is 1. The normalized spacial score (nSPS) is 25.3. The minimum Gasteiger partial charge on any atom is -0.372 e. The molecule has 0 aromatic heterocycles. The molecule has 1 aromatic rings. The van der Waals surface area contributed by atoms with E-state index in [1.807, 2.05) is 18.7 Å². The van der Waals surface area contributed by atoms with Crippen molar-refractivity contribution in [3.05, 3.63) is 29.3 Å². The van der Waals surface area contributed by atoms with Gasteiger partial charge in [-0.15, -0.1) is 0 Å². The number of anilines is 1. The van der Waals surface area contributed by atoms with Crippen LogP contribution >= 0.6 is 0 Å². The van der Waals surface area contributed by atoms with Crippen molar-refractivity contribution in [3.8, 4) is 0 Å². The number of rotatable bonds is 3. The molecule has 25 heavy (non-hydrogen) atoms. The van der Waals surface area contributed by atoms with Gasteiger partial charge in [0, 0.05) is 45.0 Å². The lowest BCUT2D eigenvalue weighted by Gasteiger charge is -2.39. The van der Waals surface area contributed by atoms with Crippen LogP contribution in [0.4, 0.5) is 5.69 Å². The summed E-state index contributed by atoms with van der Waals surface area (Å²) in [5.74, 6) is 0.238. The van der Waals surface area contributed by atoms with E-state index in [9.17, 15) is 4.79 Å². The molecule has 0 N–H and O–H groups in total. The van der Waals surface area contributed by atoms with E-state index in [0.29, 0.717) is 19.6 Å². The highest BCUT2D eigenvalue weighted by Crippen LogP contribution is 2.24. The third-order valence-corrected chi connectivity index (χ3v) is 5.42. The van der Waals surface area contributed by atoms with Gasteiger partial charge in [0.15, 0.2) is 0 Å². The average Bonchev–Trinajstić information content (AvgIpc) is 2.57. The molecular weight excluding hydrogens is 314 g/mol. The van der Waals surface area contributed by atoms with Gasteiger partial charge in [-0.25, -0.2) is 0 Å². The summed E-state index contributed by atoms with van der Waals surface area (Å²) >= 11 is 0. The Kier molecular flexibility index (Phi) is 5.64. The molecule has 2 aliphatic rings. The summed E-state index contributed by atoms with van der Waals surface area (Å²) < 4.78 is 5.73. The van der Waals surface area contributed by atoms with Gasteiger partial charge in [0.25, 0.3) is 0 Å². The molecular formula is C20H31N3O2. The van der Waals surface area contributed by atoms with Crippen molar-refractivity contribution in [2.45, 2.75) is 39.9 Å². The predicted molar refractivity (Wildman–Crippen MR) is 101 cm³/mol. The topological polar surface area (TPSA) is 36.0 Å². The van der Waals surface area contributed by atoms with Gasteiger partial charge in [-0.1, -0.05) is 12.1 Å². The second-order valence-electron chi connectivity index (χ2n) is 7.54. The maximum Gasteiger partial charge on any atom is 0.236 e. The predicted octanol–water partition coefficient (Wildman–Crippen LogP) is 2.06. The Morgan fingerprint density at radius 3 is 2.36 bits per heavy atom. The molecule has 2 saturated heterocycles. The Bertz CT molecular complexity index is 601. The number of nitrogens with zero attached hydrogens (tertiary/aromatic N) is 3. The van der Waals surface area contributed by atoms with Gasteiger partial charge in [0.1, 0.15) is 0 Å². The number of carbonyl (C=O) groups is 1. The second-order valence-corrected chi connectivity index (χ2v) is 7.54. The third kappa shape index (κ3) is 4.33. The highest BCUT2D eigenvalue weighted by Gasteiger charge is 2.28. The van der Waals surface area contributed by atoms with Crippen LogP contribution in [0.3, 0.4) is 0 Å². The highest BCUT2D eigenvalue weighted by atomic mass is 16.5. The molecule has 0 spiro atoms. The largest absolute Gasteiger partial charge is 0.372 e. The number of hydrogen-bond acceptors (Lipinski definition) is 4. The molecule has 2 atom stereocenters. The SMILES string of the molecule is Cc1cccc(N2CCN(CC(=O)N3CC(C)OC(C)C3)CC2)c1C. The summed E-state index contributed by atoms with van der Waals surface area (Å²) in [5, 5.41) is 0. The Morgan fingerprint density at radius 1 is 1.08 bits per heavy atom. The first-order valence-electron chi connectivity index (χ1n) is 9.41. The molecule has 138 valence electrons. The van der Waals surface area contributed by atoms with Crippen LogP contribution in [-0.4, -0.2) is 73.7 Å². The highest BCUT2D eigenvalue weighted by molar-refractivity contribution is 5.78. The van der Waals surface area contributed by atoms with Crippen LogP contribution in [0.2, 0.25) is 0 Å². The minimum atomic E-state index is 0.133. The maximum atomic E-state index is 12.6. The van der Waals surface area contributed by atoms with Gasteiger partial charge in [-0.2, -0.15) is 0 Å². The number of aryl methyl sites for hydroxylation is 1. The van der Waals surface area contributed by atoms with Gasteiger partial charge >= 0.3 is 0 Å². The molecule has 5 heteroatoms. The molecule has 0 saturated carbocycles. The van der Waals surface area contributed by atoms with Crippen molar-refractivity contribution in [2.75, 3.05) is 50.7 Å². The van der Waals surface area contributed by atoms with Crippen LogP contribution in [0, 0.1) is 13.8 Å². The number of benzene rings is 1. The number of hydrogen-bond donors (Lipinski definition) is 0. The summed E-state index contributed by atoms with van der Waals surface area (Å²) in [6, 6.07) is 6.51. The van der Waals surface area contributed by atoms with Crippen LogP contribution in [0.15, 0.2) is 18.2 Å². The van der Waals surface area contributed by atoms with E-state index in [4.69, 9.17) is 4.74 Å². The molecule has 1 aromatic carbocycles. The van der Waals surface area contributed by atoms with Gasteiger partial charge in [0.2, 0.25) is 5.91 Å². The monoisotopic (exact) mass is 345 g/mol. The average molecular weight is 345 g/mol. The quantitative estimate of drug-likeness (QED) is 0.840. The first-order chi connectivity index (χ1) is 11.9. The maximum absolute atomic E-state index is 12.6.